The minimum absolute atomic E-state index is 0.107. The maximum absolute atomic E-state index is 13.3. The normalized spacial score (nSPS) is 10.6. The lowest BCUT2D eigenvalue weighted by molar-refractivity contribution is -0.136. The van der Waals surface area contributed by atoms with Gasteiger partial charge in [0.2, 0.25) is 0 Å². The molecule has 3 aromatic rings. The molecule has 0 aromatic heterocycles. The van der Waals surface area contributed by atoms with E-state index in [0.717, 1.165) is 0 Å². The Hall–Kier alpha value is -4.31. The Morgan fingerprint density at radius 1 is 0.946 bits per heavy atom. The van der Waals surface area contributed by atoms with Crippen LogP contribution in [0, 0.1) is 5.82 Å². The van der Waals surface area contributed by atoms with Gasteiger partial charge in [0, 0.05) is 11.6 Å². The molecule has 0 saturated heterocycles. The number of rotatable bonds is 10. The average Bonchev–Trinajstić information content (AvgIpc) is 2.89. The number of methoxy groups -OCH3 is 2. The van der Waals surface area contributed by atoms with Gasteiger partial charge in [-0.3, -0.25) is 9.59 Å². The molecular weight excluding hydrogens is 505 g/mol. The van der Waals surface area contributed by atoms with E-state index in [-0.39, 0.29) is 17.3 Å². The van der Waals surface area contributed by atoms with Crippen LogP contribution in [0.15, 0.2) is 59.7 Å². The van der Waals surface area contributed by atoms with E-state index in [9.17, 15) is 14.0 Å². The zero-order valence-electron chi connectivity index (χ0n) is 20.3. The molecule has 0 atom stereocenters. The van der Waals surface area contributed by atoms with Crippen LogP contribution < -0.4 is 29.7 Å². The van der Waals surface area contributed by atoms with Gasteiger partial charge in [-0.15, -0.1) is 0 Å². The van der Waals surface area contributed by atoms with Gasteiger partial charge in [-0.2, -0.15) is 5.10 Å². The van der Waals surface area contributed by atoms with Gasteiger partial charge in [-0.1, -0.05) is 17.7 Å². The number of nitrogens with zero attached hydrogens (tertiary/aromatic N) is 1. The molecule has 0 aliphatic carbocycles. The van der Waals surface area contributed by atoms with Crippen LogP contribution >= 0.6 is 11.6 Å². The van der Waals surface area contributed by atoms with Gasteiger partial charge in [0.15, 0.2) is 11.5 Å². The van der Waals surface area contributed by atoms with Crippen LogP contribution in [0.5, 0.6) is 23.0 Å². The summed E-state index contributed by atoms with van der Waals surface area (Å²) in [5, 5.41) is 6.55. The van der Waals surface area contributed by atoms with E-state index >= 15 is 0 Å². The van der Waals surface area contributed by atoms with Crippen molar-refractivity contribution in [1.82, 2.24) is 5.43 Å². The third-order valence-electron chi connectivity index (χ3n) is 4.91. The maximum atomic E-state index is 13.3. The number of amides is 2. The molecule has 2 amide bonds. The lowest BCUT2D eigenvalue weighted by Crippen LogP contribution is -2.32. The van der Waals surface area contributed by atoms with Gasteiger partial charge < -0.3 is 24.3 Å². The van der Waals surface area contributed by atoms with E-state index in [2.05, 4.69) is 15.8 Å². The second kappa shape index (κ2) is 13.1. The molecule has 11 heteroatoms. The molecule has 3 aromatic carbocycles. The predicted octanol–water partition coefficient (Wildman–Crippen LogP) is 4.56. The quantitative estimate of drug-likeness (QED) is 0.226. The Kier molecular flexibility index (Phi) is 9.68. The van der Waals surface area contributed by atoms with Crippen molar-refractivity contribution >= 4 is 35.3 Å². The van der Waals surface area contributed by atoms with Crippen LogP contribution in [0.1, 0.15) is 18.1 Å². The van der Waals surface area contributed by atoms with E-state index in [1.165, 1.54) is 38.6 Å². The number of halogens is 2. The number of hydrogen-bond donors (Lipinski definition) is 2. The summed E-state index contributed by atoms with van der Waals surface area (Å²) in [7, 11) is 2.91. The first-order valence-corrected chi connectivity index (χ1v) is 11.4. The summed E-state index contributed by atoms with van der Waals surface area (Å²) < 4.78 is 35.0. The standard InChI is InChI=1S/C26H25ClFN3O6/c1-4-36-24-11-16(5-9-23(24)37-15-17-6-7-18(28)12-20(17)27)14-29-31-26(33)25(32)30-21-13-19(34-2)8-10-22(21)35-3/h5-14H,4,15H2,1-3H3,(H,30,32)(H,31,33)/b29-14+. The minimum Gasteiger partial charge on any atom is -0.497 e. The van der Waals surface area contributed by atoms with Gasteiger partial charge >= 0.3 is 11.8 Å². The number of hydrazone groups is 1. The van der Waals surface area contributed by atoms with E-state index in [1.54, 1.807) is 36.4 Å². The lowest BCUT2D eigenvalue weighted by Gasteiger charge is -2.13. The summed E-state index contributed by atoms with van der Waals surface area (Å²) in [6, 6.07) is 13.8. The first kappa shape index (κ1) is 27.3. The number of ether oxygens (including phenoxy) is 4. The molecule has 0 radical (unpaired) electrons. The summed E-state index contributed by atoms with van der Waals surface area (Å²) in [4.78, 5) is 24.5. The van der Waals surface area contributed by atoms with Crippen molar-refractivity contribution in [2.24, 2.45) is 5.10 Å². The van der Waals surface area contributed by atoms with Gasteiger partial charge in [-0.05, 0) is 55.0 Å². The van der Waals surface area contributed by atoms with Gasteiger partial charge in [0.05, 0.1) is 37.8 Å². The molecule has 2 N–H and O–H groups in total. The molecule has 0 aliphatic rings. The fourth-order valence-electron chi connectivity index (χ4n) is 3.09. The van der Waals surface area contributed by atoms with E-state index < -0.39 is 17.6 Å². The van der Waals surface area contributed by atoms with Crippen LogP contribution in [0.3, 0.4) is 0 Å². The minimum atomic E-state index is -0.984. The molecule has 0 unspecified atom stereocenters. The van der Waals surface area contributed by atoms with Crippen LogP contribution in [0.2, 0.25) is 5.02 Å². The third-order valence-corrected chi connectivity index (χ3v) is 5.26. The van der Waals surface area contributed by atoms with Crippen LogP contribution in [0.4, 0.5) is 10.1 Å². The van der Waals surface area contributed by atoms with Crippen molar-refractivity contribution in [3.05, 3.63) is 76.6 Å². The third kappa shape index (κ3) is 7.58. The summed E-state index contributed by atoms with van der Waals surface area (Å²) in [5.74, 6) is -0.652. The molecule has 194 valence electrons. The Morgan fingerprint density at radius 3 is 2.43 bits per heavy atom. The van der Waals surface area contributed by atoms with Crippen molar-refractivity contribution < 1.29 is 32.9 Å². The van der Waals surface area contributed by atoms with Crippen LogP contribution in [-0.2, 0) is 16.2 Å². The number of carbonyl (C=O) groups is 2. The highest BCUT2D eigenvalue weighted by atomic mass is 35.5. The van der Waals surface area contributed by atoms with Crippen molar-refractivity contribution in [3.63, 3.8) is 0 Å². The monoisotopic (exact) mass is 529 g/mol. The fourth-order valence-corrected chi connectivity index (χ4v) is 3.32. The van der Waals surface area contributed by atoms with E-state index in [4.69, 9.17) is 30.5 Å². The SMILES string of the molecule is CCOc1cc(/C=N/NC(=O)C(=O)Nc2cc(OC)ccc2OC)ccc1OCc1ccc(F)cc1Cl. The molecule has 0 saturated carbocycles. The molecule has 0 fully saturated rings. The smallest absolute Gasteiger partial charge is 0.329 e. The molecule has 0 heterocycles. The molecule has 0 spiro atoms. The van der Waals surface area contributed by atoms with Gasteiger partial charge in [-0.25, -0.2) is 9.82 Å². The number of carbonyl (C=O) groups excluding carboxylic acids is 2. The second-order valence-electron chi connectivity index (χ2n) is 7.38. The summed E-state index contributed by atoms with van der Waals surface area (Å²) in [6.07, 6.45) is 1.35. The summed E-state index contributed by atoms with van der Waals surface area (Å²) in [5.41, 5.74) is 3.63. The first-order chi connectivity index (χ1) is 17.8. The van der Waals surface area contributed by atoms with Gasteiger partial charge in [0.1, 0.15) is 23.9 Å². The predicted molar refractivity (Wildman–Crippen MR) is 137 cm³/mol. The molecule has 0 bridgehead atoms. The zero-order valence-corrected chi connectivity index (χ0v) is 21.1. The lowest BCUT2D eigenvalue weighted by atomic mass is 10.2. The largest absolute Gasteiger partial charge is 0.497 e. The molecule has 0 aliphatic heterocycles. The van der Waals surface area contributed by atoms with Crippen molar-refractivity contribution in [2.45, 2.75) is 13.5 Å². The number of hydrogen-bond acceptors (Lipinski definition) is 7. The van der Waals surface area contributed by atoms with Crippen molar-refractivity contribution in [3.8, 4) is 23.0 Å². The first-order valence-electron chi connectivity index (χ1n) is 11.0. The fraction of sp³-hybridized carbons (Fsp3) is 0.192. The average molecular weight is 530 g/mol. The molecule has 9 nitrogen and oxygen atoms in total. The van der Waals surface area contributed by atoms with Crippen molar-refractivity contribution in [2.75, 3.05) is 26.1 Å². The Morgan fingerprint density at radius 2 is 1.73 bits per heavy atom. The Balaban J connectivity index is 1.63. The van der Waals surface area contributed by atoms with Crippen LogP contribution in [0.25, 0.3) is 0 Å². The molecular formula is C26H25ClFN3O6. The molecule has 3 rings (SSSR count). The zero-order chi connectivity index (χ0) is 26.8. The number of benzene rings is 3. The Bertz CT molecular complexity index is 1300. The Labute approximate surface area is 218 Å². The van der Waals surface area contributed by atoms with E-state index in [0.29, 0.717) is 40.7 Å². The topological polar surface area (TPSA) is 107 Å². The number of nitrogens with one attached hydrogen (secondary N) is 2. The summed E-state index contributed by atoms with van der Waals surface area (Å²) in [6.45, 7) is 2.30. The maximum Gasteiger partial charge on any atom is 0.329 e. The highest BCUT2D eigenvalue weighted by molar-refractivity contribution is 6.39. The van der Waals surface area contributed by atoms with Crippen LogP contribution in [-0.4, -0.2) is 38.9 Å². The van der Waals surface area contributed by atoms with Crippen molar-refractivity contribution in [1.29, 1.82) is 0 Å². The highest BCUT2D eigenvalue weighted by Crippen LogP contribution is 2.30. The highest BCUT2D eigenvalue weighted by Gasteiger charge is 2.16. The number of anilines is 1. The summed E-state index contributed by atoms with van der Waals surface area (Å²) >= 11 is 6.06. The molecule has 37 heavy (non-hydrogen) atoms. The second-order valence-corrected chi connectivity index (χ2v) is 7.79. The van der Waals surface area contributed by atoms with Gasteiger partial charge in [0.25, 0.3) is 0 Å². The van der Waals surface area contributed by atoms with E-state index in [1.807, 2.05) is 6.92 Å².